The van der Waals surface area contributed by atoms with E-state index in [4.69, 9.17) is 22.0 Å². The zero-order valence-electron chi connectivity index (χ0n) is 27.3. The van der Waals surface area contributed by atoms with Crippen molar-refractivity contribution in [1.82, 2.24) is 31.4 Å². The molecule has 6 amide bonds. The average Bonchev–Trinajstić information content (AvgIpc) is 3.11. The molecule has 0 radical (unpaired) electrons. The van der Waals surface area contributed by atoms with Crippen LogP contribution in [0.4, 0.5) is 14.0 Å². The van der Waals surface area contributed by atoms with E-state index < -0.39 is 0 Å². The van der Waals surface area contributed by atoms with Crippen LogP contribution in [-0.2, 0) is 22.7 Å². The van der Waals surface area contributed by atoms with E-state index >= 15 is 0 Å². The second-order valence-corrected chi connectivity index (χ2v) is 12.7. The second-order valence-electron chi connectivity index (χ2n) is 12.3. The van der Waals surface area contributed by atoms with Gasteiger partial charge in [0, 0.05) is 57.1 Å². The lowest BCUT2D eigenvalue weighted by atomic mass is 9.91. The zero-order chi connectivity index (χ0) is 34.7. The summed E-state index contributed by atoms with van der Waals surface area (Å²) in [5.74, 6) is 0.0286. The van der Waals surface area contributed by atoms with Crippen LogP contribution in [0, 0.1) is 17.7 Å². The van der Waals surface area contributed by atoms with Gasteiger partial charge in [0.25, 0.3) is 0 Å². The van der Waals surface area contributed by atoms with Crippen LogP contribution in [0.3, 0.4) is 0 Å². The van der Waals surface area contributed by atoms with Crippen molar-refractivity contribution in [3.63, 3.8) is 0 Å². The van der Waals surface area contributed by atoms with Gasteiger partial charge in [0.15, 0.2) is 0 Å². The molecule has 0 atom stereocenters. The van der Waals surface area contributed by atoms with Crippen LogP contribution in [0.15, 0.2) is 48.5 Å². The number of benzene rings is 2. The Morgan fingerprint density at radius 2 is 1.23 bits per heavy atom. The molecule has 6 N–H and O–H groups in total. The summed E-state index contributed by atoms with van der Waals surface area (Å²) in [5.41, 5.74) is 4.92. The molecule has 2 heterocycles. The normalized spacial score (nSPS) is 15.2. The highest BCUT2D eigenvalue weighted by atomic mass is 35.5. The Morgan fingerprint density at radius 3 is 1.71 bits per heavy atom. The molecule has 0 bridgehead atoms. The molecule has 12 nitrogen and oxygen atoms in total. The maximum absolute atomic E-state index is 13.1. The minimum Gasteiger partial charge on any atom is -0.334 e. The average molecular weight is 691 g/mol. The summed E-state index contributed by atoms with van der Waals surface area (Å²) < 4.78 is 13.1. The number of hydrogen-bond donors (Lipinski definition) is 6. The number of nitrogens with zero attached hydrogens (tertiary/aromatic N) is 2. The van der Waals surface area contributed by atoms with Gasteiger partial charge >= 0.3 is 12.1 Å². The largest absolute Gasteiger partial charge is 0.334 e. The number of urea groups is 2. The van der Waals surface area contributed by atoms with Crippen molar-refractivity contribution in [3.8, 4) is 0 Å². The standard InChI is InChI=1S/C17H24ClN3O3.C17H24FN3O3/c18-15-6-2-1-5-14(15)12-19-17(23)21-10-8-13(9-11-21)4-3-7-16(22)20-24;18-15-5-1-4-14(11-15)12-19-17(23)21-9-7-13(8-10-21)3-2-6-16(22)20-24/h1-2,5-6,13,24H,3-4,7-12H2,(H,19,23)(H,20,22);1,4-5,11,13,24H,2-3,6-10,12H2,(H,19,23)(H,20,22). The molecule has 0 aromatic heterocycles. The van der Waals surface area contributed by atoms with Crippen LogP contribution in [0.5, 0.6) is 0 Å². The number of hydroxylamine groups is 2. The quantitative estimate of drug-likeness (QED) is 0.130. The van der Waals surface area contributed by atoms with Crippen LogP contribution < -0.4 is 21.6 Å². The van der Waals surface area contributed by atoms with Crippen molar-refractivity contribution in [2.75, 3.05) is 26.2 Å². The minimum absolute atomic E-state index is 0.0620. The molecule has 2 aromatic rings. The first-order valence-electron chi connectivity index (χ1n) is 16.6. The molecule has 4 rings (SSSR count). The zero-order valence-corrected chi connectivity index (χ0v) is 28.0. The number of amides is 6. The molecule has 0 saturated carbocycles. The number of piperidine rings is 2. The number of carbonyl (C=O) groups excluding carboxylic acids is 4. The van der Waals surface area contributed by atoms with E-state index in [0.29, 0.717) is 55.9 Å². The summed E-state index contributed by atoms with van der Waals surface area (Å²) >= 11 is 6.08. The Bertz CT molecular complexity index is 1320. The number of carbonyl (C=O) groups is 4. The first kappa shape index (κ1) is 38.5. The van der Waals surface area contributed by atoms with Gasteiger partial charge in [-0.15, -0.1) is 0 Å². The molecule has 2 aromatic carbocycles. The van der Waals surface area contributed by atoms with Gasteiger partial charge in [-0.05, 0) is 92.5 Å². The molecule has 48 heavy (non-hydrogen) atoms. The van der Waals surface area contributed by atoms with Gasteiger partial charge in [-0.2, -0.15) is 0 Å². The van der Waals surface area contributed by atoms with Gasteiger partial charge < -0.3 is 20.4 Å². The van der Waals surface area contributed by atoms with E-state index in [0.717, 1.165) is 75.6 Å². The second kappa shape index (κ2) is 21.1. The highest BCUT2D eigenvalue weighted by molar-refractivity contribution is 6.31. The lowest BCUT2D eigenvalue weighted by Gasteiger charge is -2.32. The SMILES string of the molecule is O=C(CCCC1CCN(C(=O)NCc2cccc(F)c2)CC1)NO.O=C(CCCC1CCN(C(=O)NCc2ccccc2Cl)CC1)NO. The Balaban J connectivity index is 0.000000260. The molecule has 0 spiro atoms. The Labute approximate surface area is 286 Å². The summed E-state index contributed by atoms with van der Waals surface area (Å²) in [7, 11) is 0. The Morgan fingerprint density at radius 1 is 0.729 bits per heavy atom. The molecule has 14 heteroatoms. The minimum atomic E-state index is -0.357. The summed E-state index contributed by atoms with van der Waals surface area (Å²) in [6.45, 7) is 3.57. The molecule has 0 aliphatic carbocycles. The fourth-order valence-corrected chi connectivity index (χ4v) is 6.13. The number of halogens is 2. The fraction of sp³-hybridized carbons (Fsp3) is 0.529. The third-order valence-electron chi connectivity index (χ3n) is 8.81. The summed E-state index contributed by atoms with van der Waals surface area (Å²) in [5, 5.41) is 23.3. The van der Waals surface area contributed by atoms with E-state index in [1.165, 1.54) is 12.1 Å². The van der Waals surface area contributed by atoms with E-state index in [2.05, 4.69) is 10.6 Å². The van der Waals surface area contributed by atoms with Gasteiger partial charge in [0.2, 0.25) is 11.8 Å². The maximum atomic E-state index is 13.1. The molecular formula is C34H48ClFN6O6. The van der Waals surface area contributed by atoms with Crippen LogP contribution >= 0.6 is 11.6 Å². The van der Waals surface area contributed by atoms with Crippen LogP contribution in [0.1, 0.15) is 75.3 Å². The monoisotopic (exact) mass is 690 g/mol. The fourth-order valence-electron chi connectivity index (χ4n) is 5.92. The third kappa shape index (κ3) is 14.0. The lowest BCUT2D eigenvalue weighted by molar-refractivity contribution is -0.130. The number of nitrogens with one attached hydrogen (secondary N) is 4. The van der Waals surface area contributed by atoms with Crippen LogP contribution in [0.2, 0.25) is 5.02 Å². The maximum Gasteiger partial charge on any atom is 0.317 e. The van der Waals surface area contributed by atoms with E-state index in [1.54, 1.807) is 28.0 Å². The van der Waals surface area contributed by atoms with Gasteiger partial charge in [0.05, 0.1) is 0 Å². The molecular weight excluding hydrogens is 643 g/mol. The van der Waals surface area contributed by atoms with E-state index in [1.807, 2.05) is 29.2 Å². The first-order valence-corrected chi connectivity index (χ1v) is 17.0. The van der Waals surface area contributed by atoms with Crippen molar-refractivity contribution in [1.29, 1.82) is 0 Å². The highest BCUT2D eigenvalue weighted by Crippen LogP contribution is 2.24. The van der Waals surface area contributed by atoms with Crippen LogP contribution in [0.25, 0.3) is 0 Å². The van der Waals surface area contributed by atoms with Crippen molar-refractivity contribution in [2.24, 2.45) is 11.8 Å². The van der Waals surface area contributed by atoms with Gasteiger partial charge in [0.1, 0.15) is 5.82 Å². The smallest absolute Gasteiger partial charge is 0.317 e. The first-order chi connectivity index (χ1) is 23.2. The highest BCUT2D eigenvalue weighted by Gasteiger charge is 2.24. The third-order valence-corrected chi connectivity index (χ3v) is 9.17. The summed E-state index contributed by atoms with van der Waals surface area (Å²) in [6.07, 6.45) is 7.75. The topological polar surface area (TPSA) is 163 Å². The lowest BCUT2D eigenvalue weighted by Crippen LogP contribution is -2.44. The predicted molar refractivity (Wildman–Crippen MR) is 178 cm³/mol. The van der Waals surface area contributed by atoms with Gasteiger partial charge in [-0.1, -0.05) is 41.9 Å². The van der Waals surface area contributed by atoms with Gasteiger partial charge in [-0.25, -0.2) is 24.9 Å². The Kier molecular flexibility index (Phi) is 16.9. The Hall–Kier alpha value is -3.94. The van der Waals surface area contributed by atoms with Gasteiger partial charge in [-0.3, -0.25) is 20.0 Å². The van der Waals surface area contributed by atoms with Crippen molar-refractivity contribution >= 4 is 35.5 Å². The number of rotatable bonds is 12. The van der Waals surface area contributed by atoms with Crippen molar-refractivity contribution in [3.05, 3.63) is 70.5 Å². The van der Waals surface area contributed by atoms with E-state index in [9.17, 15) is 23.6 Å². The number of likely N-dealkylation sites (tertiary alicyclic amines) is 2. The van der Waals surface area contributed by atoms with Crippen LogP contribution in [-0.4, -0.2) is 70.3 Å². The van der Waals surface area contributed by atoms with Crippen molar-refractivity contribution < 1.29 is 34.0 Å². The molecule has 0 unspecified atom stereocenters. The summed E-state index contributed by atoms with van der Waals surface area (Å²) in [6, 6.07) is 13.5. The molecule has 2 aliphatic heterocycles. The number of hydrogen-bond acceptors (Lipinski definition) is 6. The summed E-state index contributed by atoms with van der Waals surface area (Å²) in [4.78, 5) is 49.9. The molecule has 264 valence electrons. The molecule has 2 aliphatic rings. The van der Waals surface area contributed by atoms with E-state index in [-0.39, 0.29) is 29.7 Å². The molecule has 2 fully saturated rings. The van der Waals surface area contributed by atoms with Crippen molar-refractivity contribution in [2.45, 2.75) is 77.3 Å². The predicted octanol–water partition coefficient (Wildman–Crippen LogP) is 5.36. The molecule has 2 saturated heterocycles.